The number of anilines is 1. The van der Waals surface area contributed by atoms with E-state index in [1.807, 2.05) is 28.4 Å². The van der Waals surface area contributed by atoms with Gasteiger partial charge in [-0.05, 0) is 44.9 Å². The maximum Gasteiger partial charge on any atom is 0.178 e. The smallest absolute Gasteiger partial charge is 0.178 e. The minimum absolute atomic E-state index is 0.111. The van der Waals surface area contributed by atoms with Crippen LogP contribution in [0.5, 0.6) is 0 Å². The lowest BCUT2D eigenvalue weighted by Gasteiger charge is -2.17. The van der Waals surface area contributed by atoms with Crippen LogP contribution in [0.25, 0.3) is 5.65 Å². The van der Waals surface area contributed by atoms with Gasteiger partial charge in [0.25, 0.3) is 0 Å². The molecule has 0 bridgehead atoms. The first kappa shape index (κ1) is 17.4. The minimum atomic E-state index is -0.111. The van der Waals surface area contributed by atoms with Crippen molar-refractivity contribution < 1.29 is 0 Å². The van der Waals surface area contributed by atoms with Crippen LogP contribution in [0.15, 0.2) is 12.1 Å². The Labute approximate surface area is 148 Å². The second-order valence-corrected chi connectivity index (χ2v) is 7.78. The lowest BCUT2D eigenvalue weighted by molar-refractivity contribution is 0.527. The second-order valence-electron chi connectivity index (χ2n) is 7.78. The summed E-state index contributed by atoms with van der Waals surface area (Å²) in [6.07, 6.45) is 0.902. The number of nitrogens with one attached hydrogen (secondary N) is 1. The fourth-order valence-electron chi connectivity index (χ4n) is 3.06. The number of hydrogen-bond donors (Lipinski definition) is 1. The summed E-state index contributed by atoms with van der Waals surface area (Å²) in [4.78, 5) is 0. The van der Waals surface area contributed by atoms with E-state index in [9.17, 15) is 0 Å². The van der Waals surface area contributed by atoms with Gasteiger partial charge >= 0.3 is 0 Å². The van der Waals surface area contributed by atoms with Gasteiger partial charge in [0, 0.05) is 24.2 Å². The lowest BCUT2D eigenvalue weighted by Crippen LogP contribution is -2.21. The summed E-state index contributed by atoms with van der Waals surface area (Å²) in [6, 6.07) is 4.14. The Morgan fingerprint density at radius 3 is 2.44 bits per heavy atom. The first-order valence-corrected chi connectivity index (χ1v) is 8.65. The third kappa shape index (κ3) is 3.36. The summed E-state index contributed by atoms with van der Waals surface area (Å²) in [5, 5.41) is 21.2. The van der Waals surface area contributed by atoms with Gasteiger partial charge < -0.3 is 5.32 Å². The average Bonchev–Trinajstić information content (AvgIpc) is 3.03. The Kier molecular flexibility index (Phi) is 4.26. The van der Waals surface area contributed by atoms with Crippen molar-refractivity contribution in [3.63, 3.8) is 0 Å². The molecule has 0 aromatic carbocycles. The molecule has 0 saturated heterocycles. The summed E-state index contributed by atoms with van der Waals surface area (Å²) in [5.74, 6) is 1.68. The molecule has 0 amide bonds. The van der Waals surface area contributed by atoms with Crippen molar-refractivity contribution in [1.82, 2.24) is 29.6 Å². The average molecular weight is 341 g/mol. The molecule has 25 heavy (non-hydrogen) atoms. The van der Waals surface area contributed by atoms with Gasteiger partial charge in [0.1, 0.15) is 5.82 Å². The molecule has 3 heterocycles. The molecular formula is C18H27N7. The summed E-state index contributed by atoms with van der Waals surface area (Å²) >= 11 is 0. The van der Waals surface area contributed by atoms with Crippen LogP contribution >= 0.6 is 0 Å². The molecule has 0 aliphatic carbocycles. The summed E-state index contributed by atoms with van der Waals surface area (Å²) in [5.41, 5.74) is 4.25. The van der Waals surface area contributed by atoms with E-state index in [0.29, 0.717) is 0 Å². The molecule has 3 aromatic heterocycles. The van der Waals surface area contributed by atoms with E-state index < -0.39 is 0 Å². The fourth-order valence-corrected chi connectivity index (χ4v) is 3.06. The Balaban J connectivity index is 1.82. The van der Waals surface area contributed by atoms with E-state index >= 15 is 0 Å². The highest BCUT2D eigenvalue weighted by Gasteiger charge is 2.22. The maximum atomic E-state index is 4.69. The number of aromatic nitrogens is 6. The zero-order chi connectivity index (χ0) is 18.4. The van der Waals surface area contributed by atoms with Crippen molar-refractivity contribution >= 4 is 11.5 Å². The van der Waals surface area contributed by atoms with Gasteiger partial charge in [-0.1, -0.05) is 20.8 Å². The van der Waals surface area contributed by atoms with Crippen molar-refractivity contribution in [2.45, 2.75) is 59.4 Å². The van der Waals surface area contributed by atoms with E-state index in [0.717, 1.165) is 29.4 Å². The van der Waals surface area contributed by atoms with Gasteiger partial charge in [-0.25, -0.2) is 0 Å². The van der Waals surface area contributed by atoms with Crippen molar-refractivity contribution in [3.05, 3.63) is 34.9 Å². The molecule has 1 N–H and O–H groups in total. The molecule has 1 atom stereocenters. The van der Waals surface area contributed by atoms with Gasteiger partial charge in [0.2, 0.25) is 0 Å². The number of nitrogens with zero attached hydrogens (tertiary/aromatic N) is 6. The lowest BCUT2D eigenvalue weighted by atomic mass is 9.96. The zero-order valence-electron chi connectivity index (χ0n) is 16.1. The van der Waals surface area contributed by atoms with Crippen molar-refractivity contribution in [1.29, 1.82) is 0 Å². The highest BCUT2D eigenvalue weighted by Crippen LogP contribution is 2.21. The van der Waals surface area contributed by atoms with Crippen LogP contribution in [0, 0.1) is 13.8 Å². The molecule has 0 radical (unpaired) electrons. The molecule has 7 nitrogen and oxygen atoms in total. The molecule has 0 saturated carbocycles. The maximum absolute atomic E-state index is 4.69. The number of fused-ring (bicyclic) bond motifs is 1. The SMILES string of the molecule is Cc1nn(C)c(C)c1CC(C)Nc1ccc2nnc(C(C)(C)C)n2n1. The molecule has 3 rings (SSSR count). The topological polar surface area (TPSA) is 72.9 Å². The largest absolute Gasteiger partial charge is 0.366 e. The van der Waals surface area contributed by atoms with E-state index in [1.54, 1.807) is 0 Å². The molecule has 1 unspecified atom stereocenters. The fraction of sp³-hybridized carbons (Fsp3) is 0.556. The first-order chi connectivity index (χ1) is 11.7. The van der Waals surface area contributed by atoms with Crippen molar-refractivity contribution in [2.75, 3.05) is 5.32 Å². The Morgan fingerprint density at radius 1 is 1.12 bits per heavy atom. The molecule has 0 aliphatic heterocycles. The summed E-state index contributed by atoms with van der Waals surface area (Å²) < 4.78 is 3.77. The standard InChI is InChI=1S/C18H27N7/c1-11(10-14-12(2)22-24(7)13(14)3)19-15-8-9-16-20-21-17(18(4,5)6)25(16)23-15/h8-9,11H,10H2,1-7H3,(H,19,23). The van der Waals surface area contributed by atoms with Crippen LogP contribution in [0.4, 0.5) is 5.82 Å². The van der Waals surface area contributed by atoms with Gasteiger partial charge in [-0.3, -0.25) is 4.68 Å². The van der Waals surface area contributed by atoms with Crippen molar-refractivity contribution in [2.24, 2.45) is 7.05 Å². The Hall–Kier alpha value is -2.44. The van der Waals surface area contributed by atoms with Gasteiger partial charge in [0.05, 0.1) is 5.69 Å². The van der Waals surface area contributed by atoms with Crippen LogP contribution < -0.4 is 5.32 Å². The van der Waals surface area contributed by atoms with E-state index in [-0.39, 0.29) is 11.5 Å². The van der Waals surface area contributed by atoms with Crippen LogP contribution in [0.1, 0.15) is 50.5 Å². The summed E-state index contributed by atoms with van der Waals surface area (Å²) in [7, 11) is 1.99. The number of rotatable bonds is 4. The van der Waals surface area contributed by atoms with E-state index in [4.69, 9.17) is 5.10 Å². The van der Waals surface area contributed by atoms with Crippen LogP contribution in [-0.4, -0.2) is 35.6 Å². The molecule has 3 aromatic rings. The quantitative estimate of drug-likeness (QED) is 0.790. The number of aryl methyl sites for hydroxylation is 2. The molecule has 0 fully saturated rings. The van der Waals surface area contributed by atoms with E-state index in [2.05, 4.69) is 62.2 Å². The molecule has 0 aliphatic rings. The third-order valence-corrected chi connectivity index (χ3v) is 4.50. The third-order valence-electron chi connectivity index (χ3n) is 4.50. The first-order valence-electron chi connectivity index (χ1n) is 8.65. The predicted octanol–water partition coefficient (Wildman–Crippen LogP) is 2.82. The van der Waals surface area contributed by atoms with Crippen LogP contribution in [-0.2, 0) is 18.9 Å². The highest BCUT2D eigenvalue weighted by atomic mass is 15.4. The van der Waals surface area contributed by atoms with Crippen molar-refractivity contribution in [3.8, 4) is 0 Å². The van der Waals surface area contributed by atoms with Gasteiger partial charge in [-0.2, -0.15) is 9.61 Å². The summed E-state index contributed by atoms with van der Waals surface area (Å²) in [6.45, 7) is 12.7. The second kappa shape index (κ2) is 6.13. The van der Waals surface area contributed by atoms with Crippen LogP contribution in [0.3, 0.4) is 0 Å². The normalized spacial score (nSPS) is 13.4. The molecule has 134 valence electrons. The van der Waals surface area contributed by atoms with Gasteiger partial charge in [0.15, 0.2) is 11.5 Å². The molecular weight excluding hydrogens is 314 g/mol. The zero-order valence-corrected chi connectivity index (χ0v) is 16.1. The predicted molar refractivity (Wildman–Crippen MR) is 99.0 cm³/mol. The number of hydrogen-bond acceptors (Lipinski definition) is 5. The monoisotopic (exact) mass is 341 g/mol. The Bertz CT molecular complexity index is 898. The van der Waals surface area contributed by atoms with E-state index in [1.165, 1.54) is 11.3 Å². The van der Waals surface area contributed by atoms with Gasteiger partial charge in [-0.15, -0.1) is 15.3 Å². The minimum Gasteiger partial charge on any atom is -0.366 e. The van der Waals surface area contributed by atoms with Crippen LogP contribution in [0.2, 0.25) is 0 Å². The molecule has 7 heteroatoms. The highest BCUT2D eigenvalue weighted by molar-refractivity contribution is 5.45. The molecule has 0 spiro atoms. The Morgan fingerprint density at radius 2 is 1.84 bits per heavy atom.